The summed E-state index contributed by atoms with van der Waals surface area (Å²) in [5.41, 5.74) is -2.31. The molecule has 4 nitrogen and oxygen atoms in total. The van der Waals surface area contributed by atoms with E-state index >= 15 is 0 Å². The number of rotatable bonds is 2. The van der Waals surface area contributed by atoms with Gasteiger partial charge >= 0.3 is 12.1 Å². The molecule has 0 aromatic heterocycles. The van der Waals surface area contributed by atoms with Crippen molar-refractivity contribution in [2.75, 3.05) is 6.54 Å². The molecule has 1 aromatic rings. The van der Waals surface area contributed by atoms with Crippen LogP contribution in [0.15, 0.2) is 18.2 Å². The lowest BCUT2D eigenvalue weighted by Gasteiger charge is -2.22. The minimum atomic E-state index is -4.92. The number of likely N-dealkylation sites (tertiary alicyclic amines) is 1. The Bertz CT molecular complexity index is 585. The van der Waals surface area contributed by atoms with E-state index in [-0.39, 0.29) is 13.0 Å². The monoisotopic (exact) mass is 305 g/mol. The van der Waals surface area contributed by atoms with Crippen LogP contribution < -0.4 is 0 Å². The van der Waals surface area contributed by atoms with Crippen molar-refractivity contribution in [1.29, 1.82) is 0 Å². The predicted molar refractivity (Wildman–Crippen MR) is 63.1 cm³/mol. The molecule has 1 fully saturated rings. The standard InChI is InChI=1S/C13H11F4NO3/c14-10-7(3-1-4-8(10)13(15,16)17)11(19)18-6-2-5-9(18)12(20)21/h1,3-4,9H,2,5-6H2,(H,20,21)/t9-/m0/s1. The van der Waals surface area contributed by atoms with Gasteiger partial charge in [-0.05, 0) is 25.0 Å². The maximum atomic E-state index is 13.9. The number of hydrogen-bond acceptors (Lipinski definition) is 2. The first kappa shape index (κ1) is 15.3. The summed E-state index contributed by atoms with van der Waals surface area (Å²) in [6.45, 7) is 0.0749. The van der Waals surface area contributed by atoms with E-state index in [1.807, 2.05) is 0 Å². The average Bonchev–Trinajstić information content (AvgIpc) is 2.86. The van der Waals surface area contributed by atoms with Gasteiger partial charge in [0.2, 0.25) is 0 Å². The fraction of sp³-hybridized carbons (Fsp3) is 0.385. The molecule has 1 aliphatic heterocycles. The molecule has 1 atom stereocenters. The molecule has 1 aliphatic rings. The molecule has 0 bridgehead atoms. The van der Waals surface area contributed by atoms with Crippen molar-refractivity contribution in [2.24, 2.45) is 0 Å². The number of hydrogen-bond donors (Lipinski definition) is 1. The minimum Gasteiger partial charge on any atom is -0.480 e. The van der Waals surface area contributed by atoms with Gasteiger partial charge in [0.15, 0.2) is 0 Å². The Morgan fingerprint density at radius 2 is 1.95 bits per heavy atom. The van der Waals surface area contributed by atoms with E-state index < -0.39 is 41.0 Å². The number of amides is 1. The number of carboxylic acid groups (broad SMARTS) is 1. The minimum absolute atomic E-state index is 0.0749. The Labute approximate surface area is 117 Å². The third-order valence-electron chi connectivity index (χ3n) is 3.33. The van der Waals surface area contributed by atoms with Crippen LogP contribution in [0.1, 0.15) is 28.8 Å². The highest BCUT2D eigenvalue weighted by molar-refractivity contribution is 5.97. The lowest BCUT2D eigenvalue weighted by atomic mass is 10.1. The normalized spacial score (nSPS) is 18.9. The number of benzene rings is 1. The number of carbonyl (C=O) groups is 2. The zero-order chi connectivity index (χ0) is 15.8. The summed E-state index contributed by atoms with van der Waals surface area (Å²) in [5.74, 6) is -3.97. The summed E-state index contributed by atoms with van der Waals surface area (Å²) in [6, 6.07) is 1.24. The van der Waals surface area contributed by atoms with E-state index in [0.29, 0.717) is 12.5 Å². The van der Waals surface area contributed by atoms with Crippen LogP contribution in [-0.2, 0) is 11.0 Å². The molecule has 1 amide bonds. The maximum Gasteiger partial charge on any atom is 0.419 e. The van der Waals surface area contributed by atoms with E-state index in [9.17, 15) is 27.2 Å². The van der Waals surface area contributed by atoms with E-state index in [0.717, 1.165) is 17.0 Å². The van der Waals surface area contributed by atoms with Crippen LogP contribution >= 0.6 is 0 Å². The number of carboxylic acids is 1. The molecular weight excluding hydrogens is 294 g/mol. The van der Waals surface area contributed by atoms with E-state index in [1.165, 1.54) is 0 Å². The molecule has 114 valence electrons. The molecule has 8 heteroatoms. The third kappa shape index (κ3) is 2.84. The Kier molecular flexibility index (Phi) is 3.89. The highest BCUT2D eigenvalue weighted by atomic mass is 19.4. The first-order valence-electron chi connectivity index (χ1n) is 6.13. The number of halogens is 4. The molecule has 0 unspecified atom stereocenters. The Balaban J connectivity index is 2.38. The molecule has 1 saturated heterocycles. The lowest BCUT2D eigenvalue weighted by Crippen LogP contribution is -2.40. The fourth-order valence-electron chi connectivity index (χ4n) is 2.34. The van der Waals surface area contributed by atoms with Gasteiger partial charge in [-0.1, -0.05) is 6.07 Å². The average molecular weight is 305 g/mol. The largest absolute Gasteiger partial charge is 0.480 e. The van der Waals surface area contributed by atoms with Crippen molar-refractivity contribution < 1.29 is 32.3 Å². The fourth-order valence-corrected chi connectivity index (χ4v) is 2.34. The van der Waals surface area contributed by atoms with Crippen molar-refractivity contribution >= 4 is 11.9 Å². The highest BCUT2D eigenvalue weighted by Gasteiger charge is 2.39. The summed E-state index contributed by atoms with van der Waals surface area (Å²) in [5, 5.41) is 8.96. The van der Waals surface area contributed by atoms with Crippen molar-refractivity contribution in [3.8, 4) is 0 Å². The van der Waals surface area contributed by atoms with Gasteiger partial charge in [-0.3, -0.25) is 4.79 Å². The number of carbonyl (C=O) groups excluding carboxylic acids is 1. The maximum absolute atomic E-state index is 13.9. The topological polar surface area (TPSA) is 57.6 Å². The van der Waals surface area contributed by atoms with Gasteiger partial charge in [-0.25, -0.2) is 9.18 Å². The van der Waals surface area contributed by atoms with Gasteiger partial charge in [0.1, 0.15) is 11.9 Å². The number of alkyl halides is 3. The summed E-state index contributed by atoms with van der Waals surface area (Å²) in [4.78, 5) is 24.0. The smallest absolute Gasteiger partial charge is 0.419 e. The first-order valence-corrected chi connectivity index (χ1v) is 6.13. The third-order valence-corrected chi connectivity index (χ3v) is 3.33. The van der Waals surface area contributed by atoms with Crippen molar-refractivity contribution in [1.82, 2.24) is 4.90 Å². The van der Waals surface area contributed by atoms with E-state index in [4.69, 9.17) is 5.11 Å². The summed E-state index contributed by atoms with van der Waals surface area (Å²) < 4.78 is 51.7. The molecule has 0 aliphatic carbocycles. The molecule has 21 heavy (non-hydrogen) atoms. The van der Waals surface area contributed by atoms with Gasteiger partial charge in [0, 0.05) is 6.54 Å². The zero-order valence-corrected chi connectivity index (χ0v) is 10.7. The zero-order valence-electron chi connectivity index (χ0n) is 10.7. The lowest BCUT2D eigenvalue weighted by molar-refractivity contribution is -0.142. The SMILES string of the molecule is O=C(O)[C@@H]1CCCN1C(=O)c1cccc(C(F)(F)F)c1F. The Morgan fingerprint density at radius 3 is 2.52 bits per heavy atom. The number of aliphatic carboxylic acids is 1. The van der Waals surface area contributed by atoms with Gasteiger partial charge in [0.25, 0.3) is 5.91 Å². The van der Waals surface area contributed by atoms with Crippen molar-refractivity contribution in [2.45, 2.75) is 25.1 Å². The van der Waals surface area contributed by atoms with Gasteiger partial charge in [0.05, 0.1) is 11.1 Å². The summed E-state index contributed by atoms with van der Waals surface area (Å²) >= 11 is 0. The van der Waals surface area contributed by atoms with Gasteiger partial charge in [-0.2, -0.15) is 13.2 Å². The molecular formula is C13H11F4NO3. The van der Waals surface area contributed by atoms with Gasteiger partial charge < -0.3 is 10.0 Å². The van der Waals surface area contributed by atoms with Crippen LogP contribution in [0.5, 0.6) is 0 Å². The molecule has 1 N–H and O–H groups in total. The first-order chi connectivity index (χ1) is 9.73. The van der Waals surface area contributed by atoms with E-state index in [1.54, 1.807) is 0 Å². The Morgan fingerprint density at radius 1 is 1.29 bits per heavy atom. The summed E-state index contributed by atoms with van der Waals surface area (Å²) in [7, 11) is 0. The van der Waals surface area contributed by atoms with Crippen molar-refractivity contribution in [3.63, 3.8) is 0 Å². The van der Waals surface area contributed by atoms with Crippen LogP contribution in [0, 0.1) is 5.82 Å². The predicted octanol–water partition coefficient (Wildman–Crippen LogP) is 2.53. The van der Waals surface area contributed by atoms with Crippen LogP contribution in [0.25, 0.3) is 0 Å². The molecule has 1 heterocycles. The van der Waals surface area contributed by atoms with Crippen LogP contribution in [-0.4, -0.2) is 34.5 Å². The second-order valence-electron chi connectivity index (χ2n) is 4.66. The summed E-state index contributed by atoms with van der Waals surface area (Å²) in [6.07, 6.45) is -4.32. The molecule has 0 saturated carbocycles. The highest BCUT2D eigenvalue weighted by Crippen LogP contribution is 2.33. The van der Waals surface area contributed by atoms with Crippen LogP contribution in [0.4, 0.5) is 17.6 Å². The molecule has 2 rings (SSSR count). The van der Waals surface area contributed by atoms with Crippen LogP contribution in [0.2, 0.25) is 0 Å². The second kappa shape index (κ2) is 5.34. The number of nitrogens with zero attached hydrogens (tertiary/aromatic N) is 1. The quantitative estimate of drug-likeness (QED) is 0.854. The molecule has 0 radical (unpaired) electrons. The van der Waals surface area contributed by atoms with Crippen LogP contribution in [0.3, 0.4) is 0 Å². The Hall–Kier alpha value is -2.12. The second-order valence-corrected chi connectivity index (χ2v) is 4.66. The van der Waals surface area contributed by atoms with Crippen molar-refractivity contribution in [3.05, 3.63) is 35.1 Å². The molecule has 1 aromatic carbocycles. The van der Waals surface area contributed by atoms with E-state index in [2.05, 4.69) is 0 Å². The van der Waals surface area contributed by atoms with Gasteiger partial charge in [-0.15, -0.1) is 0 Å². The molecule has 0 spiro atoms.